The number of nitrogens with zero attached hydrogens (tertiary/aromatic N) is 1. The third-order valence-electron chi connectivity index (χ3n) is 1.41. The number of carboxylic acid groups (broad SMARTS) is 1. The van der Waals surface area contributed by atoms with Gasteiger partial charge in [-0.3, -0.25) is 4.79 Å². The van der Waals surface area contributed by atoms with Crippen LogP contribution in [0.2, 0.25) is 0 Å². The Labute approximate surface area is 86.8 Å². The van der Waals surface area contributed by atoms with E-state index in [1.807, 2.05) is 0 Å². The van der Waals surface area contributed by atoms with E-state index in [4.69, 9.17) is 5.11 Å². The molecule has 1 rings (SSSR count). The molecule has 0 bridgehead atoms. The van der Waals surface area contributed by atoms with Gasteiger partial charge in [-0.25, -0.2) is 4.98 Å². The lowest BCUT2D eigenvalue weighted by Crippen LogP contribution is -2.09. The normalized spacial score (nSPS) is 11.4. The number of rotatable bonds is 4. The fraction of sp³-hybridized carbons (Fsp3) is 0.429. The first-order valence-corrected chi connectivity index (χ1v) is 4.76. The molecule has 15 heavy (non-hydrogen) atoms. The topological polar surface area (TPSA) is 62.2 Å². The van der Waals surface area contributed by atoms with Crippen LogP contribution < -0.4 is 5.32 Å². The van der Waals surface area contributed by atoms with Crippen molar-refractivity contribution in [2.45, 2.75) is 12.6 Å². The first-order chi connectivity index (χ1) is 6.89. The van der Waals surface area contributed by atoms with Gasteiger partial charge in [-0.05, 0) is 0 Å². The lowest BCUT2D eigenvalue weighted by atomic mass is 10.4. The van der Waals surface area contributed by atoms with Gasteiger partial charge in [-0.1, -0.05) is 0 Å². The number of halogens is 3. The SMILES string of the molecule is O=C(O)CCNc1nc(C(F)(F)F)cs1. The molecule has 0 saturated carbocycles. The third kappa shape index (κ3) is 3.74. The second kappa shape index (κ2) is 4.47. The number of nitrogens with one attached hydrogen (secondary N) is 1. The molecule has 0 aliphatic carbocycles. The molecule has 0 aliphatic rings. The van der Waals surface area contributed by atoms with E-state index in [1.165, 1.54) is 0 Å². The molecule has 1 heterocycles. The maximum atomic E-state index is 12.1. The van der Waals surface area contributed by atoms with Crippen LogP contribution in [0.5, 0.6) is 0 Å². The van der Waals surface area contributed by atoms with Gasteiger partial charge in [-0.15, -0.1) is 11.3 Å². The molecule has 0 fully saturated rings. The molecule has 0 radical (unpaired) electrons. The standard InChI is InChI=1S/C7H7F3N2O2S/c8-7(9,10)4-3-15-6(12-4)11-2-1-5(13)14/h3H,1-2H2,(H,11,12)(H,13,14). The predicted molar refractivity (Wildman–Crippen MR) is 47.9 cm³/mol. The fourth-order valence-corrected chi connectivity index (χ4v) is 1.51. The van der Waals surface area contributed by atoms with E-state index in [1.54, 1.807) is 0 Å². The minimum absolute atomic E-state index is 0.0557. The summed E-state index contributed by atoms with van der Waals surface area (Å²) in [6.45, 7) is 0.0557. The maximum Gasteiger partial charge on any atom is 0.434 e. The van der Waals surface area contributed by atoms with Crippen molar-refractivity contribution in [2.75, 3.05) is 11.9 Å². The van der Waals surface area contributed by atoms with E-state index < -0.39 is 17.8 Å². The molecule has 4 nitrogen and oxygen atoms in total. The second-order valence-electron chi connectivity index (χ2n) is 2.61. The van der Waals surface area contributed by atoms with Crippen molar-refractivity contribution in [1.29, 1.82) is 0 Å². The largest absolute Gasteiger partial charge is 0.481 e. The van der Waals surface area contributed by atoms with Crippen molar-refractivity contribution in [3.05, 3.63) is 11.1 Å². The Morgan fingerprint density at radius 2 is 2.27 bits per heavy atom. The summed E-state index contributed by atoms with van der Waals surface area (Å²) in [6.07, 6.45) is -4.62. The van der Waals surface area contributed by atoms with Crippen molar-refractivity contribution < 1.29 is 23.1 Å². The summed E-state index contributed by atoms with van der Waals surface area (Å²) in [6, 6.07) is 0. The average Bonchev–Trinajstić information content (AvgIpc) is 2.51. The summed E-state index contributed by atoms with van der Waals surface area (Å²) in [4.78, 5) is 13.4. The monoisotopic (exact) mass is 240 g/mol. The Bertz CT molecular complexity index is 350. The highest BCUT2D eigenvalue weighted by Crippen LogP contribution is 2.31. The van der Waals surface area contributed by atoms with Gasteiger partial charge in [-0.2, -0.15) is 13.2 Å². The van der Waals surface area contributed by atoms with Gasteiger partial charge >= 0.3 is 12.1 Å². The van der Waals surface area contributed by atoms with Crippen LogP contribution in [0.25, 0.3) is 0 Å². The molecule has 1 aromatic heterocycles. The van der Waals surface area contributed by atoms with Gasteiger partial charge < -0.3 is 10.4 Å². The van der Waals surface area contributed by atoms with Crippen LogP contribution in [-0.4, -0.2) is 22.6 Å². The van der Waals surface area contributed by atoms with Crippen molar-refractivity contribution >= 4 is 22.4 Å². The van der Waals surface area contributed by atoms with Crippen LogP contribution in [0.4, 0.5) is 18.3 Å². The summed E-state index contributed by atoms with van der Waals surface area (Å²) in [7, 11) is 0. The van der Waals surface area contributed by atoms with Crippen LogP contribution in [-0.2, 0) is 11.0 Å². The molecular weight excluding hydrogens is 233 g/mol. The number of thiazole rings is 1. The highest BCUT2D eigenvalue weighted by molar-refractivity contribution is 7.13. The van der Waals surface area contributed by atoms with E-state index in [2.05, 4.69) is 10.3 Å². The number of aromatic nitrogens is 1. The Balaban J connectivity index is 2.50. The van der Waals surface area contributed by atoms with Gasteiger partial charge in [0.25, 0.3) is 0 Å². The molecule has 0 unspecified atom stereocenters. The van der Waals surface area contributed by atoms with Gasteiger partial charge in [0.05, 0.1) is 6.42 Å². The lowest BCUT2D eigenvalue weighted by molar-refractivity contribution is -0.140. The molecule has 8 heteroatoms. The Morgan fingerprint density at radius 1 is 1.60 bits per heavy atom. The van der Waals surface area contributed by atoms with E-state index >= 15 is 0 Å². The van der Waals surface area contributed by atoms with E-state index in [0.29, 0.717) is 0 Å². The zero-order chi connectivity index (χ0) is 11.5. The quantitative estimate of drug-likeness (QED) is 0.845. The predicted octanol–water partition coefficient (Wildman–Crippen LogP) is 2.05. The molecule has 0 atom stereocenters. The molecular formula is C7H7F3N2O2S. The fourth-order valence-electron chi connectivity index (χ4n) is 0.761. The number of hydrogen-bond donors (Lipinski definition) is 2. The Morgan fingerprint density at radius 3 is 2.73 bits per heavy atom. The Hall–Kier alpha value is -1.31. The van der Waals surface area contributed by atoms with E-state index in [0.717, 1.165) is 16.7 Å². The van der Waals surface area contributed by atoms with Crippen LogP contribution in [0.15, 0.2) is 5.38 Å². The lowest BCUT2D eigenvalue weighted by Gasteiger charge is -2.01. The number of hydrogen-bond acceptors (Lipinski definition) is 4. The summed E-state index contributed by atoms with van der Waals surface area (Å²) >= 11 is 0.793. The first kappa shape index (κ1) is 11.8. The number of carboxylic acids is 1. The van der Waals surface area contributed by atoms with E-state index in [-0.39, 0.29) is 18.1 Å². The molecule has 0 spiro atoms. The number of aliphatic carboxylic acids is 1. The summed E-state index contributed by atoms with van der Waals surface area (Å²) in [5, 5.41) is 11.7. The van der Waals surface area contributed by atoms with Crippen LogP contribution >= 0.6 is 11.3 Å². The molecule has 84 valence electrons. The van der Waals surface area contributed by atoms with Gasteiger partial charge in [0.2, 0.25) is 0 Å². The van der Waals surface area contributed by atoms with Gasteiger partial charge in [0, 0.05) is 11.9 Å². The second-order valence-corrected chi connectivity index (χ2v) is 3.46. The molecule has 0 aliphatic heterocycles. The first-order valence-electron chi connectivity index (χ1n) is 3.88. The highest BCUT2D eigenvalue weighted by Gasteiger charge is 2.33. The molecule has 2 N–H and O–H groups in total. The molecule has 0 aromatic carbocycles. The van der Waals surface area contributed by atoms with Crippen molar-refractivity contribution in [3.8, 4) is 0 Å². The average molecular weight is 240 g/mol. The van der Waals surface area contributed by atoms with Gasteiger partial charge in [0.1, 0.15) is 0 Å². The van der Waals surface area contributed by atoms with Crippen molar-refractivity contribution in [1.82, 2.24) is 4.98 Å². The zero-order valence-electron chi connectivity index (χ0n) is 7.34. The number of carbonyl (C=O) groups is 1. The maximum absolute atomic E-state index is 12.1. The molecule has 0 saturated heterocycles. The third-order valence-corrected chi connectivity index (χ3v) is 2.21. The summed E-state index contributed by atoms with van der Waals surface area (Å²) in [5.41, 5.74) is -0.967. The number of anilines is 1. The number of alkyl halides is 3. The van der Waals surface area contributed by atoms with Crippen LogP contribution in [0.3, 0.4) is 0 Å². The highest BCUT2D eigenvalue weighted by atomic mass is 32.1. The van der Waals surface area contributed by atoms with Gasteiger partial charge in [0.15, 0.2) is 10.8 Å². The van der Waals surface area contributed by atoms with Crippen molar-refractivity contribution in [2.24, 2.45) is 0 Å². The minimum Gasteiger partial charge on any atom is -0.481 e. The van der Waals surface area contributed by atoms with Crippen LogP contribution in [0.1, 0.15) is 12.1 Å². The molecule has 1 aromatic rings. The Kier molecular flexibility index (Phi) is 3.51. The minimum atomic E-state index is -4.46. The summed E-state index contributed by atoms with van der Waals surface area (Å²) in [5.74, 6) is -1.02. The van der Waals surface area contributed by atoms with Crippen LogP contribution in [0, 0.1) is 0 Å². The smallest absolute Gasteiger partial charge is 0.434 e. The van der Waals surface area contributed by atoms with Crippen molar-refractivity contribution in [3.63, 3.8) is 0 Å². The molecule has 0 amide bonds. The zero-order valence-corrected chi connectivity index (χ0v) is 8.15. The van der Waals surface area contributed by atoms with E-state index in [9.17, 15) is 18.0 Å². The summed E-state index contributed by atoms with van der Waals surface area (Å²) < 4.78 is 36.2.